The highest BCUT2D eigenvalue weighted by atomic mass is 32.2. The number of sulfonamides is 1. The molecule has 3 rings (SSSR count). The van der Waals surface area contributed by atoms with Crippen molar-refractivity contribution < 1.29 is 22.4 Å². The van der Waals surface area contributed by atoms with E-state index in [9.17, 15) is 22.4 Å². The van der Waals surface area contributed by atoms with E-state index in [0.717, 1.165) is 25.7 Å². The number of para-hydroxylation sites is 1. The number of nitrogens with zero attached hydrogens (tertiary/aromatic N) is 1. The van der Waals surface area contributed by atoms with Crippen molar-refractivity contribution >= 4 is 33.3 Å². The molecule has 3 N–H and O–H groups in total. The molecule has 0 saturated carbocycles. The Morgan fingerprint density at radius 2 is 1.58 bits per heavy atom. The Hall–Kier alpha value is -2.98. The Kier molecular flexibility index (Phi) is 7.59. The van der Waals surface area contributed by atoms with Crippen LogP contribution in [-0.2, 0) is 14.8 Å². The van der Waals surface area contributed by atoms with Crippen LogP contribution in [0, 0.1) is 5.82 Å². The van der Waals surface area contributed by atoms with Crippen LogP contribution in [0.5, 0.6) is 0 Å². The summed E-state index contributed by atoms with van der Waals surface area (Å²) in [5.74, 6) is -1.24. The minimum atomic E-state index is -3.54. The fraction of sp³-hybridized carbons (Fsp3) is 0.333. The average Bonchev–Trinajstić information content (AvgIpc) is 3.04. The smallest absolute Gasteiger partial charge is 0.326 e. The zero-order chi connectivity index (χ0) is 22.3. The number of nitrogens with one attached hydrogen (secondary N) is 3. The van der Waals surface area contributed by atoms with Crippen LogP contribution in [-0.4, -0.2) is 44.3 Å². The summed E-state index contributed by atoms with van der Waals surface area (Å²) in [6.07, 6.45) is 3.79. The summed E-state index contributed by atoms with van der Waals surface area (Å²) in [6.45, 7) is 0.831. The molecule has 0 radical (unpaired) electrons. The Balaban J connectivity index is 1.51. The zero-order valence-electron chi connectivity index (χ0n) is 16.9. The molecule has 0 spiro atoms. The van der Waals surface area contributed by atoms with Crippen molar-refractivity contribution in [3.63, 3.8) is 0 Å². The number of carbonyl (C=O) groups is 2. The quantitative estimate of drug-likeness (QED) is 0.629. The van der Waals surface area contributed by atoms with Crippen LogP contribution < -0.4 is 16.0 Å². The summed E-state index contributed by atoms with van der Waals surface area (Å²) in [6, 6.07) is 10.9. The average molecular weight is 449 g/mol. The van der Waals surface area contributed by atoms with Gasteiger partial charge in [0, 0.05) is 18.8 Å². The first-order chi connectivity index (χ1) is 14.9. The molecule has 2 aromatic rings. The molecule has 1 fully saturated rings. The highest BCUT2D eigenvalue weighted by Crippen LogP contribution is 2.21. The molecule has 3 amide bonds. The van der Waals surface area contributed by atoms with Crippen molar-refractivity contribution in [2.24, 2.45) is 0 Å². The number of anilines is 2. The van der Waals surface area contributed by atoms with E-state index < -0.39 is 27.8 Å². The van der Waals surface area contributed by atoms with Gasteiger partial charge in [-0.25, -0.2) is 17.6 Å². The van der Waals surface area contributed by atoms with Gasteiger partial charge in [-0.1, -0.05) is 25.0 Å². The van der Waals surface area contributed by atoms with Gasteiger partial charge >= 0.3 is 6.03 Å². The van der Waals surface area contributed by atoms with Gasteiger partial charge in [0.25, 0.3) is 0 Å². The van der Waals surface area contributed by atoms with Gasteiger partial charge in [-0.3, -0.25) is 10.1 Å². The topological polar surface area (TPSA) is 108 Å². The lowest BCUT2D eigenvalue weighted by Crippen LogP contribution is -2.38. The second kappa shape index (κ2) is 10.4. The molecular formula is C21H25FN4O4S. The predicted molar refractivity (Wildman–Crippen MR) is 116 cm³/mol. The van der Waals surface area contributed by atoms with Crippen molar-refractivity contribution in [3.05, 3.63) is 54.3 Å². The third kappa shape index (κ3) is 6.25. The van der Waals surface area contributed by atoms with Gasteiger partial charge in [0.2, 0.25) is 15.9 Å². The minimum Gasteiger partial charge on any atom is -0.376 e. The molecule has 0 aliphatic carbocycles. The van der Waals surface area contributed by atoms with Gasteiger partial charge in [0.15, 0.2) is 0 Å². The fourth-order valence-corrected chi connectivity index (χ4v) is 4.76. The second-order valence-corrected chi connectivity index (χ2v) is 9.12. The minimum absolute atomic E-state index is 0.0398. The third-order valence-electron chi connectivity index (χ3n) is 4.89. The third-order valence-corrected chi connectivity index (χ3v) is 6.80. The number of imide groups is 1. The van der Waals surface area contributed by atoms with E-state index in [4.69, 9.17) is 0 Å². The molecule has 0 atom stereocenters. The van der Waals surface area contributed by atoms with Crippen LogP contribution in [0.3, 0.4) is 0 Å². The molecule has 0 unspecified atom stereocenters. The van der Waals surface area contributed by atoms with Crippen molar-refractivity contribution in [1.82, 2.24) is 9.62 Å². The Morgan fingerprint density at radius 3 is 2.23 bits per heavy atom. The molecular weight excluding hydrogens is 423 g/mol. The molecule has 8 nitrogen and oxygen atoms in total. The molecule has 1 aliphatic heterocycles. The lowest BCUT2D eigenvalue weighted by atomic mass is 10.2. The number of hydrogen-bond donors (Lipinski definition) is 3. The van der Waals surface area contributed by atoms with Gasteiger partial charge in [0.05, 0.1) is 17.1 Å². The van der Waals surface area contributed by atoms with E-state index in [1.807, 2.05) is 0 Å². The number of hydrogen-bond acceptors (Lipinski definition) is 5. The van der Waals surface area contributed by atoms with Gasteiger partial charge in [0.1, 0.15) is 5.82 Å². The van der Waals surface area contributed by atoms with E-state index in [1.54, 1.807) is 18.2 Å². The highest BCUT2D eigenvalue weighted by molar-refractivity contribution is 7.89. The van der Waals surface area contributed by atoms with Gasteiger partial charge in [-0.2, -0.15) is 4.31 Å². The molecule has 1 heterocycles. The van der Waals surface area contributed by atoms with E-state index in [1.165, 1.54) is 34.6 Å². The number of urea groups is 1. The molecule has 0 aromatic heterocycles. The number of benzene rings is 2. The maximum atomic E-state index is 13.5. The maximum Gasteiger partial charge on any atom is 0.326 e. The largest absolute Gasteiger partial charge is 0.376 e. The first-order valence-electron chi connectivity index (χ1n) is 10.1. The maximum absolute atomic E-state index is 13.5. The van der Waals surface area contributed by atoms with Crippen LogP contribution in [0.25, 0.3) is 0 Å². The number of amides is 3. The van der Waals surface area contributed by atoms with Crippen LogP contribution in [0.2, 0.25) is 0 Å². The van der Waals surface area contributed by atoms with Gasteiger partial charge in [-0.15, -0.1) is 0 Å². The van der Waals surface area contributed by atoms with E-state index in [0.29, 0.717) is 18.8 Å². The number of halogens is 1. The van der Waals surface area contributed by atoms with Crippen molar-refractivity contribution in [1.29, 1.82) is 0 Å². The summed E-state index contributed by atoms with van der Waals surface area (Å²) in [5, 5.41) is 7.16. The summed E-state index contributed by atoms with van der Waals surface area (Å²) in [4.78, 5) is 23.9. The van der Waals surface area contributed by atoms with Crippen molar-refractivity contribution in [2.45, 2.75) is 30.6 Å². The number of rotatable bonds is 6. The lowest BCUT2D eigenvalue weighted by molar-refractivity contribution is -0.118. The number of carbonyl (C=O) groups excluding carboxylic acids is 2. The summed E-state index contributed by atoms with van der Waals surface area (Å²) >= 11 is 0. The second-order valence-electron chi connectivity index (χ2n) is 7.18. The van der Waals surface area contributed by atoms with E-state index in [2.05, 4.69) is 16.0 Å². The highest BCUT2D eigenvalue weighted by Gasteiger charge is 2.24. The summed E-state index contributed by atoms with van der Waals surface area (Å²) in [5.41, 5.74) is 0.487. The first kappa shape index (κ1) is 22.7. The van der Waals surface area contributed by atoms with Crippen molar-refractivity contribution in [3.8, 4) is 0 Å². The molecule has 2 aromatic carbocycles. The first-order valence-corrected chi connectivity index (χ1v) is 11.5. The van der Waals surface area contributed by atoms with Crippen LogP contribution >= 0.6 is 0 Å². The Labute approximate surface area is 180 Å². The van der Waals surface area contributed by atoms with E-state index in [-0.39, 0.29) is 17.1 Å². The van der Waals surface area contributed by atoms with Gasteiger partial charge in [-0.05, 0) is 49.2 Å². The molecule has 166 valence electrons. The standard InChI is InChI=1S/C21H25FN4O4S/c22-18-7-3-4-8-19(18)24-21(28)25-20(27)15-23-16-9-11-17(12-10-16)31(29,30)26-13-5-1-2-6-14-26/h3-4,7-12,23H,1-2,5-6,13-15H2,(H2,24,25,27,28). The van der Waals surface area contributed by atoms with Gasteiger partial charge < -0.3 is 10.6 Å². The lowest BCUT2D eigenvalue weighted by Gasteiger charge is -2.20. The molecule has 10 heteroatoms. The van der Waals surface area contributed by atoms with Crippen LogP contribution in [0.1, 0.15) is 25.7 Å². The summed E-state index contributed by atoms with van der Waals surface area (Å²) < 4.78 is 40.6. The molecule has 1 saturated heterocycles. The van der Waals surface area contributed by atoms with Crippen molar-refractivity contribution in [2.75, 3.05) is 30.3 Å². The Morgan fingerprint density at radius 1 is 0.935 bits per heavy atom. The molecule has 0 bridgehead atoms. The Bertz CT molecular complexity index is 1020. The summed E-state index contributed by atoms with van der Waals surface area (Å²) in [7, 11) is -3.54. The fourth-order valence-electron chi connectivity index (χ4n) is 3.25. The zero-order valence-corrected chi connectivity index (χ0v) is 17.8. The van der Waals surface area contributed by atoms with Crippen LogP contribution in [0.15, 0.2) is 53.4 Å². The monoisotopic (exact) mass is 448 g/mol. The van der Waals surface area contributed by atoms with E-state index >= 15 is 0 Å². The SMILES string of the molecule is O=C(CNc1ccc(S(=O)(=O)N2CCCCCC2)cc1)NC(=O)Nc1ccccc1F. The predicted octanol–water partition coefficient (Wildman–Crippen LogP) is 3.15. The van der Waals surface area contributed by atoms with Crippen LogP contribution in [0.4, 0.5) is 20.6 Å². The normalized spacial score (nSPS) is 15.0. The molecule has 1 aliphatic rings. The molecule has 31 heavy (non-hydrogen) atoms.